The second-order valence-electron chi connectivity index (χ2n) is 5.70. The van der Waals surface area contributed by atoms with Crippen LogP contribution in [0.3, 0.4) is 0 Å². The number of nitrogens with zero attached hydrogens (tertiary/aromatic N) is 3. The zero-order valence-electron chi connectivity index (χ0n) is 14.0. The number of benzene rings is 1. The first-order valence-corrected chi connectivity index (χ1v) is 7.59. The maximum absolute atomic E-state index is 13.6. The largest absolute Gasteiger partial charge is 0.451 e. The minimum absolute atomic E-state index is 0.338. The zero-order chi connectivity index (χ0) is 21.7. The van der Waals surface area contributed by atoms with Crippen molar-refractivity contribution in [3.05, 3.63) is 45.6 Å². The van der Waals surface area contributed by atoms with E-state index in [2.05, 4.69) is 14.8 Å². The first-order valence-electron chi connectivity index (χ1n) is 7.59. The van der Waals surface area contributed by atoms with Gasteiger partial charge in [-0.2, -0.15) is 13.2 Å². The molecule has 2 aromatic heterocycles. The van der Waals surface area contributed by atoms with E-state index in [9.17, 15) is 39.9 Å². The third-order valence-electron chi connectivity index (χ3n) is 3.71. The monoisotopic (exact) mass is 428 g/mol. The fourth-order valence-electron chi connectivity index (χ4n) is 2.34. The van der Waals surface area contributed by atoms with Gasteiger partial charge >= 0.3 is 12.2 Å². The molecule has 3 aromatic rings. The average molecular weight is 428 g/mol. The molecular weight excluding hydrogens is 420 g/mol. The number of H-pyrrole nitrogens is 1. The van der Waals surface area contributed by atoms with Crippen LogP contribution in [0.15, 0.2) is 16.9 Å². The van der Waals surface area contributed by atoms with Crippen LogP contribution in [0.2, 0.25) is 0 Å². The van der Waals surface area contributed by atoms with Crippen molar-refractivity contribution < 1.29 is 39.9 Å². The molecule has 0 aliphatic rings. The van der Waals surface area contributed by atoms with Gasteiger partial charge < -0.3 is 4.74 Å². The number of ether oxygens (including phenoxy) is 1. The van der Waals surface area contributed by atoms with Gasteiger partial charge in [-0.25, -0.2) is 31.5 Å². The van der Waals surface area contributed by atoms with E-state index in [-0.39, 0.29) is 0 Å². The standard InChI is InChI=1S/C15H8F8N4O2/c1-4(15(21,22)23)29-14-25-13(28)12-24-9(11(19)20)10(27(12)26-14)5-2-6(16)8(18)7(17)3-5/h2-4,11H,1H3,(H,25,26,28). The fraction of sp³-hybridized carbons (Fsp3) is 0.267. The SMILES string of the molecule is CC(Oc1nn2c(-c3cc(F)c(F)c(F)c3)c(C(F)F)nc2c(=O)[nH]1)C(F)(F)F. The number of hydrogen-bond acceptors (Lipinski definition) is 4. The molecule has 0 aliphatic carbocycles. The molecule has 0 fully saturated rings. The second-order valence-corrected chi connectivity index (χ2v) is 5.70. The van der Waals surface area contributed by atoms with Crippen LogP contribution < -0.4 is 10.3 Å². The van der Waals surface area contributed by atoms with Crippen molar-refractivity contribution in [2.75, 3.05) is 0 Å². The number of imidazole rings is 1. The maximum Gasteiger partial charge on any atom is 0.425 e. The van der Waals surface area contributed by atoms with Crippen molar-refractivity contribution >= 4 is 5.65 Å². The van der Waals surface area contributed by atoms with Gasteiger partial charge in [0.2, 0.25) is 5.65 Å². The van der Waals surface area contributed by atoms with E-state index in [1.807, 2.05) is 0 Å². The highest BCUT2D eigenvalue weighted by molar-refractivity contribution is 5.67. The molecule has 0 saturated heterocycles. The number of rotatable bonds is 4. The molecule has 1 aromatic carbocycles. The molecule has 2 heterocycles. The summed E-state index contributed by atoms with van der Waals surface area (Å²) >= 11 is 0. The van der Waals surface area contributed by atoms with Crippen molar-refractivity contribution in [3.8, 4) is 17.3 Å². The van der Waals surface area contributed by atoms with Crippen LogP contribution in [0.5, 0.6) is 6.01 Å². The Hall–Kier alpha value is -3.19. The molecule has 0 spiro atoms. The van der Waals surface area contributed by atoms with Gasteiger partial charge in [0, 0.05) is 5.56 Å². The molecular formula is C15H8F8N4O2. The summed E-state index contributed by atoms with van der Waals surface area (Å²) in [5.41, 5.74) is -4.75. The summed E-state index contributed by atoms with van der Waals surface area (Å²) in [7, 11) is 0. The lowest BCUT2D eigenvalue weighted by Crippen LogP contribution is -2.32. The van der Waals surface area contributed by atoms with Crippen molar-refractivity contribution in [1.29, 1.82) is 0 Å². The van der Waals surface area contributed by atoms with Gasteiger partial charge in [0.25, 0.3) is 12.0 Å². The minimum atomic E-state index is -4.84. The van der Waals surface area contributed by atoms with Gasteiger partial charge in [-0.05, 0) is 19.1 Å². The lowest BCUT2D eigenvalue weighted by atomic mass is 10.1. The topological polar surface area (TPSA) is 72.3 Å². The first-order chi connectivity index (χ1) is 13.4. The van der Waals surface area contributed by atoms with E-state index in [0.717, 1.165) is 0 Å². The van der Waals surface area contributed by atoms with Gasteiger partial charge in [-0.3, -0.25) is 9.78 Å². The molecule has 1 unspecified atom stereocenters. The highest BCUT2D eigenvalue weighted by atomic mass is 19.4. The third kappa shape index (κ3) is 3.73. The Bertz CT molecular complexity index is 1110. The van der Waals surface area contributed by atoms with Gasteiger partial charge in [0.05, 0.1) is 0 Å². The van der Waals surface area contributed by atoms with Gasteiger partial charge in [0.1, 0.15) is 11.4 Å². The normalized spacial score (nSPS) is 13.3. The maximum atomic E-state index is 13.6. The fourth-order valence-corrected chi connectivity index (χ4v) is 2.34. The van der Waals surface area contributed by atoms with Crippen LogP contribution in [0.4, 0.5) is 35.1 Å². The number of alkyl halides is 5. The Morgan fingerprint density at radius 3 is 2.24 bits per heavy atom. The summed E-state index contributed by atoms with van der Waals surface area (Å²) in [6.07, 6.45) is -10.7. The lowest BCUT2D eigenvalue weighted by molar-refractivity contribution is -0.190. The van der Waals surface area contributed by atoms with Gasteiger partial charge in [0.15, 0.2) is 23.6 Å². The van der Waals surface area contributed by atoms with E-state index in [1.54, 1.807) is 4.98 Å². The third-order valence-corrected chi connectivity index (χ3v) is 3.71. The van der Waals surface area contributed by atoms with Crippen molar-refractivity contribution in [1.82, 2.24) is 19.6 Å². The molecule has 3 rings (SSSR count). The Kier molecular flexibility index (Phi) is 4.96. The molecule has 0 bridgehead atoms. The molecule has 29 heavy (non-hydrogen) atoms. The molecule has 0 radical (unpaired) electrons. The Morgan fingerprint density at radius 1 is 1.14 bits per heavy atom. The summed E-state index contributed by atoms with van der Waals surface area (Å²) in [4.78, 5) is 17.2. The van der Waals surface area contributed by atoms with Crippen LogP contribution >= 0.6 is 0 Å². The molecule has 156 valence electrons. The number of nitrogens with one attached hydrogen (secondary N) is 1. The molecule has 1 N–H and O–H groups in total. The average Bonchev–Trinajstić information content (AvgIpc) is 2.98. The quantitative estimate of drug-likeness (QED) is 0.508. The van der Waals surface area contributed by atoms with Gasteiger partial charge in [-0.1, -0.05) is 0 Å². The van der Waals surface area contributed by atoms with Crippen LogP contribution in [0, 0.1) is 17.5 Å². The summed E-state index contributed by atoms with van der Waals surface area (Å²) < 4.78 is 110. The number of aromatic amines is 1. The number of fused-ring (bicyclic) bond motifs is 1. The number of aromatic nitrogens is 4. The van der Waals surface area contributed by atoms with E-state index in [0.29, 0.717) is 23.6 Å². The van der Waals surface area contributed by atoms with Crippen molar-refractivity contribution in [2.24, 2.45) is 0 Å². The smallest absolute Gasteiger partial charge is 0.425 e. The lowest BCUT2D eigenvalue weighted by Gasteiger charge is -2.16. The second kappa shape index (κ2) is 7.00. The highest BCUT2D eigenvalue weighted by Gasteiger charge is 2.39. The van der Waals surface area contributed by atoms with E-state index >= 15 is 0 Å². The molecule has 0 aliphatic heterocycles. The highest BCUT2D eigenvalue weighted by Crippen LogP contribution is 2.32. The van der Waals surface area contributed by atoms with Gasteiger partial charge in [-0.15, -0.1) is 5.10 Å². The van der Waals surface area contributed by atoms with Crippen LogP contribution in [-0.2, 0) is 0 Å². The van der Waals surface area contributed by atoms with Crippen LogP contribution in [0.25, 0.3) is 16.9 Å². The molecule has 14 heteroatoms. The van der Waals surface area contributed by atoms with E-state index < -0.39 is 70.3 Å². The molecule has 1 atom stereocenters. The van der Waals surface area contributed by atoms with E-state index in [4.69, 9.17) is 0 Å². The summed E-state index contributed by atoms with van der Waals surface area (Å²) in [5.74, 6) is -5.35. The van der Waals surface area contributed by atoms with Crippen LogP contribution in [-0.4, -0.2) is 31.9 Å². The molecule has 0 amide bonds. The zero-order valence-corrected chi connectivity index (χ0v) is 14.0. The number of hydrogen-bond donors (Lipinski definition) is 1. The number of halogens is 8. The summed E-state index contributed by atoms with van der Waals surface area (Å²) in [5, 5.41) is 3.46. The predicted octanol–water partition coefficient (Wildman–Crippen LogP) is 3.77. The summed E-state index contributed by atoms with van der Waals surface area (Å²) in [6.45, 7) is 0.592. The molecule has 6 nitrogen and oxygen atoms in total. The predicted molar refractivity (Wildman–Crippen MR) is 80.0 cm³/mol. The molecule has 0 saturated carbocycles. The summed E-state index contributed by atoms with van der Waals surface area (Å²) in [6, 6.07) is -0.333. The Balaban J connectivity index is 2.28. The van der Waals surface area contributed by atoms with Crippen molar-refractivity contribution in [3.63, 3.8) is 0 Å². The van der Waals surface area contributed by atoms with E-state index in [1.165, 1.54) is 0 Å². The van der Waals surface area contributed by atoms with Crippen molar-refractivity contribution in [2.45, 2.75) is 25.6 Å². The first kappa shape index (κ1) is 20.5. The Morgan fingerprint density at radius 2 is 1.72 bits per heavy atom. The van der Waals surface area contributed by atoms with Crippen LogP contribution in [0.1, 0.15) is 19.0 Å². The Labute approximate surface area is 154 Å². The minimum Gasteiger partial charge on any atom is -0.451 e.